The van der Waals surface area contributed by atoms with Crippen LogP contribution in [-0.2, 0) is 0 Å². The zero-order chi connectivity index (χ0) is 13.8. The SMILES string of the molecule is Cc1ccc(N2CCNCC2)c(SNC2CCCC2)c1. The van der Waals surface area contributed by atoms with E-state index in [1.165, 1.54) is 41.8 Å². The van der Waals surface area contributed by atoms with Crippen LogP contribution in [0.5, 0.6) is 0 Å². The maximum Gasteiger partial charge on any atom is 0.0518 e. The van der Waals surface area contributed by atoms with Gasteiger partial charge in [0.1, 0.15) is 0 Å². The summed E-state index contributed by atoms with van der Waals surface area (Å²) in [6, 6.07) is 7.55. The Morgan fingerprint density at radius 3 is 2.70 bits per heavy atom. The Bertz CT molecular complexity index is 437. The van der Waals surface area contributed by atoms with E-state index in [0.29, 0.717) is 6.04 Å². The molecule has 0 radical (unpaired) electrons. The van der Waals surface area contributed by atoms with Crippen molar-refractivity contribution in [2.24, 2.45) is 0 Å². The van der Waals surface area contributed by atoms with Gasteiger partial charge in [-0.3, -0.25) is 4.72 Å². The van der Waals surface area contributed by atoms with Crippen molar-refractivity contribution in [2.45, 2.75) is 43.5 Å². The highest BCUT2D eigenvalue weighted by Gasteiger charge is 2.18. The molecule has 1 aliphatic heterocycles. The van der Waals surface area contributed by atoms with Crippen molar-refractivity contribution < 1.29 is 0 Å². The average Bonchev–Trinajstić information content (AvgIpc) is 2.99. The molecular weight excluding hydrogens is 266 g/mol. The molecule has 1 saturated heterocycles. The second kappa shape index (κ2) is 6.83. The summed E-state index contributed by atoms with van der Waals surface area (Å²) in [5, 5.41) is 3.43. The van der Waals surface area contributed by atoms with Crippen LogP contribution in [0.1, 0.15) is 31.2 Å². The highest BCUT2D eigenvalue weighted by Crippen LogP contribution is 2.31. The fourth-order valence-corrected chi connectivity index (χ4v) is 4.14. The molecular formula is C16H25N3S. The smallest absolute Gasteiger partial charge is 0.0518 e. The number of aryl methyl sites for hydroxylation is 1. The van der Waals surface area contributed by atoms with Gasteiger partial charge in [-0.1, -0.05) is 18.9 Å². The highest BCUT2D eigenvalue weighted by atomic mass is 32.2. The lowest BCUT2D eigenvalue weighted by Crippen LogP contribution is -2.43. The number of benzene rings is 1. The van der Waals surface area contributed by atoms with Crippen molar-refractivity contribution in [2.75, 3.05) is 31.1 Å². The summed E-state index contributed by atoms with van der Waals surface area (Å²) in [6.07, 6.45) is 5.44. The number of piperazine rings is 1. The molecule has 0 unspecified atom stereocenters. The molecule has 4 heteroatoms. The second-order valence-electron chi connectivity index (χ2n) is 5.91. The van der Waals surface area contributed by atoms with Crippen molar-refractivity contribution in [1.29, 1.82) is 0 Å². The van der Waals surface area contributed by atoms with Crippen molar-refractivity contribution >= 4 is 17.6 Å². The Balaban J connectivity index is 1.71. The highest BCUT2D eigenvalue weighted by molar-refractivity contribution is 7.97. The number of hydrogen-bond donors (Lipinski definition) is 2. The van der Waals surface area contributed by atoms with Crippen LogP contribution >= 0.6 is 11.9 Å². The summed E-state index contributed by atoms with van der Waals surface area (Å²) in [5.41, 5.74) is 2.74. The van der Waals surface area contributed by atoms with Crippen LogP contribution in [0.25, 0.3) is 0 Å². The Kier molecular flexibility index (Phi) is 4.86. The quantitative estimate of drug-likeness (QED) is 0.834. The lowest BCUT2D eigenvalue weighted by Gasteiger charge is -2.31. The Hall–Kier alpha value is -0.710. The first-order chi connectivity index (χ1) is 9.83. The summed E-state index contributed by atoms with van der Waals surface area (Å²) < 4.78 is 3.68. The van der Waals surface area contributed by atoms with Crippen LogP contribution in [0.15, 0.2) is 23.1 Å². The third kappa shape index (κ3) is 3.48. The van der Waals surface area contributed by atoms with E-state index in [2.05, 4.69) is 40.1 Å². The van der Waals surface area contributed by atoms with Crippen molar-refractivity contribution in [3.63, 3.8) is 0 Å². The molecule has 20 heavy (non-hydrogen) atoms. The molecule has 3 rings (SSSR count). The normalized spacial score (nSPS) is 20.6. The fourth-order valence-electron chi connectivity index (χ4n) is 3.06. The largest absolute Gasteiger partial charge is 0.368 e. The van der Waals surface area contributed by atoms with Crippen molar-refractivity contribution in [3.8, 4) is 0 Å². The molecule has 1 aromatic carbocycles. The lowest BCUT2D eigenvalue weighted by molar-refractivity contribution is 0.586. The molecule has 0 atom stereocenters. The third-order valence-corrected chi connectivity index (χ3v) is 5.26. The topological polar surface area (TPSA) is 27.3 Å². The predicted octanol–water partition coefficient (Wildman–Crippen LogP) is 2.94. The van der Waals surface area contributed by atoms with E-state index in [9.17, 15) is 0 Å². The van der Waals surface area contributed by atoms with Crippen molar-refractivity contribution in [3.05, 3.63) is 23.8 Å². The van der Waals surface area contributed by atoms with Gasteiger partial charge in [-0.15, -0.1) is 0 Å². The zero-order valence-electron chi connectivity index (χ0n) is 12.3. The molecule has 2 aliphatic rings. The molecule has 3 nitrogen and oxygen atoms in total. The Morgan fingerprint density at radius 1 is 1.20 bits per heavy atom. The maximum atomic E-state index is 3.68. The molecule has 110 valence electrons. The number of nitrogens with one attached hydrogen (secondary N) is 2. The van der Waals surface area contributed by atoms with Gasteiger partial charge in [0, 0.05) is 37.1 Å². The number of anilines is 1. The van der Waals surface area contributed by atoms with Crippen LogP contribution < -0.4 is 14.9 Å². The second-order valence-corrected chi connectivity index (χ2v) is 6.79. The van der Waals surface area contributed by atoms with Crippen LogP contribution in [0.4, 0.5) is 5.69 Å². The van der Waals surface area contributed by atoms with Crippen LogP contribution in [-0.4, -0.2) is 32.2 Å². The van der Waals surface area contributed by atoms with Crippen molar-refractivity contribution in [1.82, 2.24) is 10.0 Å². The fraction of sp³-hybridized carbons (Fsp3) is 0.625. The van der Waals surface area contributed by atoms with E-state index in [1.54, 1.807) is 0 Å². The van der Waals surface area contributed by atoms with Gasteiger partial charge in [0.2, 0.25) is 0 Å². The van der Waals surface area contributed by atoms with Gasteiger partial charge < -0.3 is 10.2 Å². The van der Waals surface area contributed by atoms with Gasteiger partial charge in [-0.25, -0.2) is 0 Å². The maximum absolute atomic E-state index is 3.68. The Morgan fingerprint density at radius 2 is 1.95 bits per heavy atom. The molecule has 0 bridgehead atoms. The molecule has 2 N–H and O–H groups in total. The lowest BCUT2D eigenvalue weighted by atomic mass is 10.2. The van der Waals surface area contributed by atoms with Crippen LogP contribution in [0.3, 0.4) is 0 Å². The molecule has 0 amide bonds. The summed E-state index contributed by atoms with van der Waals surface area (Å²) in [5.74, 6) is 0. The van der Waals surface area contributed by atoms with E-state index < -0.39 is 0 Å². The minimum atomic E-state index is 0.705. The van der Waals surface area contributed by atoms with E-state index in [0.717, 1.165) is 26.2 Å². The Labute approximate surface area is 126 Å². The van der Waals surface area contributed by atoms with Crippen LogP contribution in [0, 0.1) is 6.92 Å². The minimum Gasteiger partial charge on any atom is -0.368 e. The summed E-state index contributed by atoms with van der Waals surface area (Å²) in [6.45, 7) is 6.59. The van der Waals surface area contributed by atoms with E-state index >= 15 is 0 Å². The minimum absolute atomic E-state index is 0.705. The summed E-state index contributed by atoms with van der Waals surface area (Å²) >= 11 is 1.84. The molecule has 2 fully saturated rings. The summed E-state index contributed by atoms with van der Waals surface area (Å²) in [7, 11) is 0. The van der Waals surface area contributed by atoms with E-state index in [4.69, 9.17) is 0 Å². The van der Waals surface area contributed by atoms with Crippen LogP contribution in [0.2, 0.25) is 0 Å². The first kappa shape index (κ1) is 14.2. The third-order valence-electron chi connectivity index (χ3n) is 4.26. The molecule has 1 heterocycles. The summed E-state index contributed by atoms with van der Waals surface area (Å²) in [4.78, 5) is 3.90. The first-order valence-electron chi connectivity index (χ1n) is 7.81. The van der Waals surface area contributed by atoms with Gasteiger partial charge in [0.25, 0.3) is 0 Å². The number of hydrogen-bond acceptors (Lipinski definition) is 4. The molecule has 0 aromatic heterocycles. The number of nitrogens with zero attached hydrogens (tertiary/aromatic N) is 1. The van der Waals surface area contributed by atoms with Gasteiger partial charge in [-0.2, -0.15) is 0 Å². The van der Waals surface area contributed by atoms with Gasteiger partial charge in [0.15, 0.2) is 0 Å². The predicted molar refractivity (Wildman–Crippen MR) is 87.5 cm³/mol. The zero-order valence-corrected chi connectivity index (χ0v) is 13.1. The molecule has 1 aromatic rings. The molecule has 0 spiro atoms. The monoisotopic (exact) mass is 291 g/mol. The average molecular weight is 291 g/mol. The molecule has 1 saturated carbocycles. The standard InChI is InChI=1S/C16H25N3S/c1-13-6-7-15(19-10-8-17-9-11-19)16(12-13)20-18-14-4-2-3-5-14/h6-7,12,14,17-18H,2-5,8-11H2,1H3. The molecule has 1 aliphatic carbocycles. The van der Waals surface area contributed by atoms with Gasteiger partial charge in [0.05, 0.1) is 5.69 Å². The first-order valence-corrected chi connectivity index (χ1v) is 8.63. The van der Waals surface area contributed by atoms with E-state index in [-0.39, 0.29) is 0 Å². The van der Waals surface area contributed by atoms with E-state index in [1.807, 2.05) is 11.9 Å². The number of rotatable bonds is 4. The van der Waals surface area contributed by atoms with Gasteiger partial charge >= 0.3 is 0 Å². The van der Waals surface area contributed by atoms with Gasteiger partial charge in [-0.05, 0) is 49.4 Å².